The molecule has 1 aliphatic rings. The van der Waals surface area contributed by atoms with E-state index in [1.807, 2.05) is 18.3 Å². The number of benzene rings is 1. The van der Waals surface area contributed by atoms with Gasteiger partial charge in [0.2, 0.25) is 0 Å². The van der Waals surface area contributed by atoms with Gasteiger partial charge in [-0.3, -0.25) is 4.68 Å². The smallest absolute Gasteiger partial charge is 0.0568 e. The van der Waals surface area contributed by atoms with E-state index in [2.05, 4.69) is 29.0 Å². The summed E-state index contributed by atoms with van der Waals surface area (Å²) in [6.45, 7) is 3.12. The Bertz CT molecular complexity index is 538. The highest BCUT2D eigenvalue weighted by Gasteiger charge is 2.22. The molecule has 0 radical (unpaired) electrons. The van der Waals surface area contributed by atoms with Crippen LogP contribution in [-0.2, 0) is 6.54 Å². The standard InChI is InChI=1S/C14H17N3/c1-10-13(3-2-4-14(10)15)12-7-16-17(9-12)8-11-5-6-11/h2-4,7,9,11H,5-6,8,15H2,1H3. The molecule has 3 heteroatoms. The molecule has 0 saturated heterocycles. The first-order valence-electron chi connectivity index (χ1n) is 6.12. The Balaban J connectivity index is 1.91. The van der Waals surface area contributed by atoms with Crippen molar-refractivity contribution in [2.75, 3.05) is 5.73 Å². The molecule has 88 valence electrons. The molecule has 1 aliphatic carbocycles. The lowest BCUT2D eigenvalue weighted by Crippen LogP contribution is -1.99. The molecule has 0 atom stereocenters. The van der Waals surface area contributed by atoms with Crippen LogP contribution in [0.25, 0.3) is 11.1 Å². The summed E-state index contributed by atoms with van der Waals surface area (Å²) in [4.78, 5) is 0. The summed E-state index contributed by atoms with van der Waals surface area (Å²) in [7, 11) is 0. The number of hydrogen-bond acceptors (Lipinski definition) is 2. The van der Waals surface area contributed by atoms with E-state index in [-0.39, 0.29) is 0 Å². The van der Waals surface area contributed by atoms with Crippen molar-refractivity contribution >= 4 is 5.69 Å². The van der Waals surface area contributed by atoms with E-state index < -0.39 is 0 Å². The van der Waals surface area contributed by atoms with E-state index in [4.69, 9.17) is 5.73 Å². The fourth-order valence-electron chi connectivity index (χ4n) is 2.13. The van der Waals surface area contributed by atoms with Gasteiger partial charge >= 0.3 is 0 Å². The fraction of sp³-hybridized carbons (Fsp3) is 0.357. The minimum absolute atomic E-state index is 0.845. The van der Waals surface area contributed by atoms with E-state index in [9.17, 15) is 0 Å². The van der Waals surface area contributed by atoms with Crippen molar-refractivity contribution in [3.05, 3.63) is 36.2 Å². The van der Waals surface area contributed by atoms with Crippen molar-refractivity contribution in [1.82, 2.24) is 9.78 Å². The molecule has 1 fully saturated rings. The fourth-order valence-corrected chi connectivity index (χ4v) is 2.13. The second-order valence-corrected chi connectivity index (χ2v) is 4.91. The molecule has 1 aromatic heterocycles. The molecular formula is C14H17N3. The van der Waals surface area contributed by atoms with Crippen LogP contribution in [-0.4, -0.2) is 9.78 Å². The van der Waals surface area contributed by atoms with Gasteiger partial charge in [-0.25, -0.2) is 0 Å². The van der Waals surface area contributed by atoms with Crippen LogP contribution >= 0.6 is 0 Å². The molecule has 0 aliphatic heterocycles. The first-order valence-corrected chi connectivity index (χ1v) is 6.12. The third kappa shape index (κ3) is 2.05. The average molecular weight is 227 g/mol. The third-order valence-corrected chi connectivity index (χ3v) is 3.46. The van der Waals surface area contributed by atoms with Gasteiger partial charge in [0.05, 0.1) is 6.20 Å². The van der Waals surface area contributed by atoms with Gasteiger partial charge in [0.1, 0.15) is 0 Å². The van der Waals surface area contributed by atoms with Crippen LogP contribution in [0.15, 0.2) is 30.6 Å². The number of rotatable bonds is 3. The summed E-state index contributed by atoms with van der Waals surface area (Å²) in [6.07, 6.45) is 6.77. The summed E-state index contributed by atoms with van der Waals surface area (Å²) in [6, 6.07) is 6.04. The van der Waals surface area contributed by atoms with Gasteiger partial charge in [-0.1, -0.05) is 12.1 Å². The maximum Gasteiger partial charge on any atom is 0.0568 e. The van der Waals surface area contributed by atoms with Crippen LogP contribution in [0.3, 0.4) is 0 Å². The Kier molecular flexibility index (Phi) is 2.39. The van der Waals surface area contributed by atoms with Crippen molar-refractivity contribution in [3.63, 3.8) is 0 Å². The molecule has 1 heterocycles. The maximum atomic E-state index is 5.93. The number of aromatic nitrogens is 2. The summed E-state index contributed by atoms with van der Waals surface area (Å²) < 4.78 is 2.05. The van der Waals surface area contributed by atoms with Gasteiger partial charge in [-0.2, -0.15) is 5.10 Å². The minimum atomic E-state index is 0.845. The zero-order valence-corrected chi connectivity index (χ0v) is 10.1. The Morgan fingerprint density at radius 3 is 3.00 bits per heavy atom. The topological polar surface area (TPSA) is 43.8 Å². The first-order chi connectivity index (χ1) is 8.24. The molecule has 1 saturated carbocycles. The SMILES string of the molecule is Cc1c(N)cccc1-c1cnn(CC2CC2)c1. The van der Waals surface area contributed by atoms with Crippen LogP contribution in [0.2, 0.25) is 0 Å². The number of nitrogens with two attached hydrogens (primary N) is 1. The Morgan fingerprint density at radius 1 is 1.41 bits per heavy atom. The van der Waals surface area contributed by atoms with Gasteiger partial charge in [-0.15, -0.1) is 0 Å². The predicted octanol–water partition coefficient (Wildman–Crippen LogP) is 2.85. The zero-order valence-electron chi connectivity index (χ0n) is 10.1. The second kappa shape index (κ2) is 3.91. The molecule has 3 nitrogen and oxygen atoms in total. The predicted molar refractivity (Wildman–Crippen MR) is 69.5 cm³/mol. The maximum absolute atomic E-state index is 5.93. The van der Waals surface area contributed by atoms with Crippen LogP contribution in [0.1, 0.15) is 18.4 Å². The van der Waals surface area contributed by atoms with E-state index in [0.717, 1.165) is 29.3 Å². The summed E-state index contributed by atoms with van der Waals surface area (Å²) in [5.41, 5.74) is 10.3. The number of nitrogen functional groups attached to an aromatic ring is 1. The quantitative estimate of drug-likeness (QED) is 0.819. The number of nitrogens with zero attached hydrogens (tertiary/aromatic N) is 2. The summed E-state index contributed by atoms with van der Waals surface area (Å²) in [5.74, 6) is 0.852. The molecule has 0 spiro atoms. The highest BCUT2D eigenvalue weighted by atomic mass is 15.3. The minimum Gasteiger partial charge on any atom is -0.398 e. The normalized spacial score (nSPS) is 15.1. The average Bonchev–Trinajstić information content (AvgIpc) is 3.00. The molecular weight excluding hydrogens is 210 g/mol. The molecule has 3 rings (SSSR count). The lowest BCUT2D eigenvalue weighted by Gasteiger charge is -2.05. The Hall–Kier alpha value is -1.77. The van der Waals surface area contributed by atoms with Crippen LogP contribution in [0.4, 0.5) is 5.69 Å². The molecule has 2 aromatic rings. The third-order valence-electron chi connectivity index (χ3n) is 3.46. The van der Waals surface area contributed by atoms with Crippen molar-refractivity contribution in [2.45, 2.75) is 26.3 Å². The molecule has 17 heavy (non-hydrogen) atoms. The first kappa shape index (κ1) is 10.4. The van der Waals surface area contributed by atoms with Crippen molar-refractivity contribution in [1.29, 1.82) is 0 Å². The Morgan fingerprint density at radius 2 is 2.24 bits per heavy atom. The molecule has 0 unspecified atom stereocenters. The largest absolute Gasteiger partial charge is 0.398 e. The van der Waals surface area contributed by atoms with Gasteiger partial charge < -0.3 is 5.73 Å². The van der Waals surface area contributed by atoms with Crippen LogP contribution in [0, 0.1) is 12.8 Å². The van der Waals surface area contributed by atoms with E-state index in [1.165, 1.54) is 18.4 Å². The number of hydrogen-bond donors (Lipinski definition) is 1. The summed E-state index contributed by atoms with van der Waals surface area (Å²) >= 11 is 0. The number of anilines is 1. The van der Waals surface area contributed by atoms with Gasteiger partial charge in [0.15, 0.2) is 0 Å². The van der Waals surface area contributed by atoms with Crippen LogP contribution < -0.4 is 5.73 Å². The molecule has 0 amide bonds. The van der Waals surface area contributed by atoms with Crippen molar-refractivity contribution < 1.29 is 0 Å². The Labute approximate surface area is 101 Å². The highest BCUT2D eigenvalue weighted by Crippen LogP contribution is 2.31. The van der Waals surface area contributed by atoms with E-state index >= 15 is 0 Å². The lowest BCUT2D eigenvalue weighted by atomic mass is 10.0. The van der Waals surface area contributed by atoms with Crippen LogP contribution in [0.5, 0.6) is 0 Å². The molecule has 1 aromatic carbocycles. The van der Waals surface area contributed by atoms with Crippen molar-refractivity contribution in [2.24, 2.45) is 5.92 Å². The van der Waals surface area contributed by atoms with Gasteiger partial charge in [-0.05, 0) is 42.9 Å². The van der Waals surface area contributed by atoms with E-state index in [1.54, 1.807) is 0 Å². The molecule has 2 N–H and O–H groups in total. The zero-order chi connectivity index (χ0) is 11.8. The van der Waals surface area contributed by atoms with E-state index in [0.29, 0.717) is 0 Å². The second-order valence-electron chi connectivity index (χ2n) is 4.91. The molecule has 0 bridgehead atoms. The lowest BCUT2D eigenvalue weighted by molar-refractivity contribution is 0.563. The van der Waals surface area contributed by atoms with Gasteiger partial charge in [0.25, 0.3) is 0 Å². The van der Waals surface area contributed by atoms with Gasteiger partial charge in [0, 0.05) is 24.0 Å². The highest BCUT2D eigenvalue weighted by molar-refractivity contribution is 5.71. The monoisotopic (exact) mass is 227 g/mol. The van der Waals surface area contributed by atoms with Crippen molar-refractivity contribution in [3.8, 4) is 11.1 Å². The summed E-state index contributed by atoms with van der Waals surface area (Å²) in [5, 5.41) is 4.42.